The first-order chi connectivity index (χ1) is 7.11. The molecule has 4 heteroatoms. The van der Waals surface area contributed by atoms with Crippen LogP contribution in [0.2, 0.25) is 0 Å². The lowest BCUT2D eigenvalue weighted by atomic mass is 9.82. The first-order valence-electron chi connectivity index (χ1n) is 5.63. The van der Waals surface area contributed by atoms with Crippen molar-refractivity contribution in [3.8, 4) is 0 Å². The van der Waals surface area contributed by atoms with E-state index in [0.29, 0.717) is 19.2 Å². The van der Waals surface area contributed by atoms with E-state index >= 15 is 0 Å². The summed E-state index contributed by atoms with van der Waals surface area (Å²) in [4.78, 5) is 11.4. The predicted molar refractivity (Wildman–Crippen MR) is 59.7 cm³/mol. The molecule has 0 aromatic rings. The number of hydrogen-bond donors (Lipinski definition) is 2. The third kappa shape index (κ3) is 4.62. The van der Waals surface area contributed by atoms with E-state index in [1.807, 2.05) is 6.92 Å². The van der Waals surface area contributed by atoms with Gasteiger partial charge < -0.3 is 15.4 Å². The molecule has 1 aliphatic rings. The number of carbonyl (C=O) groups excluding carboxylic acids is 1. The molecule has 15 heavy (non-hydrogen) atoms. The van der Waals surface area contributed by atoms with Gasteiger partial charge in [-0.15, -0.1) is 0 Å². The van der Waals surface area contributed by atoms with Gasteiger partial charge in [0.1, 0.15) is 0 Å². The summed E-state index contributed by atoms with van der Waals surface area (Å²) in [7, 11) is 1.64. The molecule has 0 heterocycles. The first kappa shape index (κ1) is 12.5. The third-order valence-corrected chi connectivity index (χ3v) is 2.75. The van der Waals surface area contributed by atoms with Crippen molar-refractivity contribution in [3.63, 3.8) is 0 Å². The Balaban J connectivity index is 2.03. The predicted octanol–water partition coefficient (Wildman–Crippen LogP) is 0.526. The van der Waals surface area contributed by atoms with E-state index in [1.165, 1.54) is 12.8 Å². The molecule has 1 saturated carbocycles. The molecule has 0 spiro atoms. The summed E-state index contributed by atoms with van der Waals surface area (Å²) in [5, 5.41) is 6.11. The van der Waals surface area contributed by atoms with E-state index in [4.69, 9.17) is 4.74 Å². The summed E-state index contributed by atoms with van der Waals surface area (Å²) in [5.41, 5.74) is 0. The lowest BCUT2D eigenvalue weighted by Gasteiger charge is -2.33. The van der Waals surface area contributed by atoms with Crippen molar-refractivity contribution in [3.05, 3.63) is 0 Å². The minimum Gasteiger partial charge on any atom is -0.383 e. The van der Waals surface area contributed by atoms with Crippen molar-refractivity contribution in [2.24, 2.45) is 5.92 Å². The Bertz CT molecular complexity index is 203. The van der Waals surface area contributed by atoms with Crippen LogP contribution in [0.25, 0.3) is 0 Å². The van der Waals surface area contributed by atoms with Gasteiger partial charge in [0.2, 0.25) is 5.91 Å². The van der Waals surface area contributed by atoms with Crippen LogP contribution in [0.3, 0.4) is 0 Å². The second-order valence-electron chi connectivity index (χ2n) is 4.58. The van der Waals surface area contributed by atoms with Gasteiger partial charge in [-0.05, 0) is 25.7 Å². The highest BCUT2D eigenvalue weighted by molar-refractivity contribution is 5.78. The highest BCUT2D eigenvalue weighted by atomic mass is 16.5. The van der Waals surface area contributed by atoms with Crippen molar-refractivity contribution >= 4 is 5.91 Å². The van der Waals surface area contributed by atoms with Gasteiger partial charge in [0.15, 0.2) is 0 Å². The van der Waals surface area contributed by atoms with Gasteiger partial charge in [0, 0.05) is 19.2 Å². The van der Waals surface area contributed by atoms with Crippen LogP contribution in [0, 0.1) is 5.92 Å². The first-order valence-corrected chi connectivity index (χ1v) is 5.63. The fourth-order valence-electron chi connectivity index (χ4n) is 1.92. The molecule has 1 rings (SSSR count). The van der Waals surface area contributed by atoms with E-state index in [0.717, 1.165) is 5.92 Å². The minimum absolute atomic E-state index is 0.0547. The molecule has 0 aromatic heterocycles. The molecule has 4 nitrogen and oxygen atoms in total. The van der Waals surface area contributed by atoms with Crippen LogP contribution in [0.1, 0.15) is 26.7 Å². The van der Waals surface area contributed by atoms with Crippen molar-refractivity contribution in [1.29, 1.82) is 0 Å². The molecule has 2 N–H and O–H groups in total. The van der Waals surface area contributed by atoms with E-state index in [9.17, 15) is 4.79 Å². The Labute approximate surface area is 91.8 Å². The largest absolute Gasteiger partial charge is 0.383 e. The topological polar surface area (TPSA) is 50.4 Å². The fraction of sp³-hybridized carbons (Fsp3) is 0.909. The summed E-state index contributed by atoms with van der Waals surface area (Å²) in [6.45, 7) is 5.16. The van der Waals surface area contributed by atoms with Gasteiger partial charge in [-0.2, -0.15) is 0 Å². The highest BCUT2D eigenvalue weighted by Gasteiger charge is 2.25. The number of amides is 1. The van der Waals surface area contributed by atoms with E-state index in [-0.39, 0.29) is 11.9 Å². The maximum absolute atomic E-state index is 11.4. The molecule has 1 amide bonds. The van der Waals surface area contributed by atoms with Crippen LogP contribution in [0.4, 0.5) is 0 Å². The zero-order chi connectivity index (χ0) is 11.3. The maximum Gasteiger partial charge on any atom is 0.234 e. The quantitative estimate of drug-likeness (QED) is 0.678. The molecule has 88 valence electrons. The molecule has 0 radical (unpaired) electrons. The van der Waals surface area contributed by atoms with Gasteiger partial charge in [0.05, 0.1) is 13.2 Å². The van der Waals surface area contributed by atoms with E-state index in [2.05, 4.69) is 17.6 Å². The highest BCUT2D eigenvalue weighted by Crippen LogP contribution is 2.25. The molecule has 0 bridgehead atoms. The summed E-state index contributed by atoms with van der Waals surface area (Å²) >= 11 is 0. The fourth-order valence-corrected chi connectivity index (χ4v) is 1.92. The van der Waals surface area contributed by atoms with Crippen molar-refractivity contribution in [2.75, 3.05) is 20.3 Å². The van der Waals surface area contributed by atoms with E-state index < -0.39 is 0 Å². The van der Waals surface area contributed by atoms with Crippen LogP contribution in [-0.2, 0) is 9.53 Å². The zero-order valence-corrected chi connectivity index (χ0v) is 9.88. The van der Waals surface area contributed by atoms with Crippen molar-refractivity contribution in [1.82, 2.24) is 10.6 Å². The van der Waals surface area contributed by atoms with Crippen LogP contribution in [0.5, 0.6) is 0 Å². The van der Waals surface area contributed by atoms with Crippen LogP contribution in [-0.4, -0.2) is 38.3 Å². The number of nitrogens with one attached hydrogen (secondary N) is 2. The average molecular weight is 214 g/mol. The van der Waals surface area contributed by atoms with Gasteiger partial charge in [-0.25, -0.2) is 0 Å². The smallest absolute Gasteiger partial charge is 0.234 e. The SMILES string of the molecule is COCC(C)NC(=O)CNC1CC(C)C1. The maximum atomic E-state index is 11.4. The van der Waals surface area contributed by atoms with Crippen LogP contribution in [0.15, 0.2) is 0 Å². The number of rotatable bonds is 6. The van der Waals surface area contributed by atoms with Gasteiger partial charge >= 0.3 is 0 Å². The molecule has 1 aliphatic carbocycles. The number of hydrogen-bond acceptors (Lipinski definition) is 3. The average Bonchev–Trinajstić information content (AvgIpc) is 2.11. The summed E-state index contributed by atoms with van der Waals surface area (Å²) in [6, 6.07) is 0.632. The Morgan fingerprint density at radius 2 is 2.20 bits per heavy atom. The number of carbonyl (C=O) groups is 1. The number of ether oxygens (including phenoxy) is 1. The monoisotopic (exact) mass is 214 g/mol. The van der Waals surface area contributed by atoms with Gasteiger partial charge in [0.25, 0.3) is 0 Å². The summed E-state index contributed by atoms with van der Waals surface area (Å²) in [5.74, 6) is 0.872. The Kier molecular flexibility index (Phi) is 5.05. The molecular weight excluding hydrogens is 192 g/mol. The summed E-state index contributed by atoms with van der Waals surface area (Å²) in [6.07, 6.45) is 2.39. The Hall–Kier alpha value is -0.610. The van der Waals surface area contributed by atoms with E-state index in [1.54, 1.807) is 7.11 Å². The lowest BCUT2D eigenvalue weighted by molar-refractivity contribution is -0.121. The normalized spacial score (nSPS) is 26.9. The minimum atomic E-state index is 0.0547. The third-order valence-electron chi connectivity index (χ3n) is 2.75. The second kappa shape index (κ2) is 6.08. The zero-order valence-electron chi connectivity index (χ0n) is 9.88. The molecule has 0 saturated heterocycles. The van der Waals surface area contributed by atoms with Gasteiger partial charge in [-0.3, -0.25) is 4.79 Å². The molecule has 1 unspecified atom stereocenters. The Morgan fingerprint density at radius 1 is 1.53 bits per heavy atom. The molecule has 0 aromatic carbocycles. The Morgan fingerprint density at radius 3 is 2.73 bits per heavy atom. The molecule has 1 fully saturated rings. The molecule has 1 atom stereocenters. The second-order valence-corrected chi connectivity index (χ2v) is 4.58. The van der Waals surface area contributed by atoms with Crippen LogP contribution < -0.4 is 10.6 Å². The molecule has 0 aliphatic heterocycles. The van der Waals surface area contributed by atoms with Gasteiger partial charge in [-0.1, -0.05) is 6.92 Å². The summed E-state index contributed by atoms with van der Waals surface area (Å²) < 4.78 is 4.94. The van der Waals surface area contributed by atoms with Crippen LogP contribution >= 0.6 is 0 Å². The van der Waals surface area contributed by atoms with Crippen molar-refractivity contribution < 1.29 is 9.53 Å². The van der Waals surface area contributed by atoms with Crippen molar-refractivity contribution in [2.45, 2.75) is 38.8 Å². The number of methoxy groups -OCH3 is 1. The lowest BCUT2D eigenvalue weighted by Crippen LogP contribution is -2.47. The standard InChI is InChI=1S/C11H22N2O2/c1-8-4-10(5-8)12-6-11(14)13-9(2)7-15-3/h8-10,12H,4-7H2,1-3H3,(H,13,14). The molecular formula is C11H22N2O2.